The third-order valence-corrected chi connectivity index (χ3v) is 5.44. The molecule has 0 unspecified atom stereocenters. The number of carbonyl (C=O) groups is 3. The second-order valence-electron chi connectivity index (χ2n) is 7.38. The Labute approximate surface area is 159 Å². The number of benzene rings is 1. The Morgan fingerprint density at radius 3 is 2.41 bits per heavy atom. The molecular weight excluding hydrogens is 346 g/mol. The van der Waals surface area contributed by atoms with Crippen LogP contribution >= 0.6 is 0 Å². The zero-order valence-electron chi connectivity index (χ0n) is 15.4. The normalized spacial score (nSPS) is 23.0. The molecule has 1 aliphatic carbocycles. The van der Waals surface area contributed by atoms with Crippen molar-refractivity contribution < 1.29 is 19.5 Å². The van der Waals surface area contributed by atoms with Gasteiger partial charge in [0.15, 0.2) is 0 Å². The molecule has 1 heterocycles. The van der Waals surface area contributed by atoms with E-state index in [1.165, 1.54) is 0 Å². The summed E-state index contributed by atoms with van der Waals surface area (Å²) in [5, 5.41) is 14.8. The lowest BCUT2D eigenvalue weighted by atomic mass is 9.86. The Balaban J connectivity index is 1.42. The number of nitrogens with zero attached hydrogens (tertiary/aromatic N) is 1. The number of urea groups is 1. The highest BCUT2D eigenvalue weighted by molar-refractivity contribution is 5.93. The van der Waals surface area contributed by atoms with Crippen LogP contribution in [0.2, 0.25) is 0 Å². The highest BCUT2D eigenvalue weighted by Gasteiger charge is 2.26. The van der Waals surface area contributed by atoms with Gasteiger partial charge in [0.1, 0.15) is 0 Å². The van der Waals surface area contributed by atoms with Crippen LogP contribution in [0.1, 0.15) is 50.5 Å². The van der Waals surface area contributed by atoms with E-state index in [1.54, 1.807) is 0 Å². The highest BCUT2D eigenvalue weighted by atomic mass is 16.4. The van der Waals surface area contributed by atoms with E-state index in [0.717, 1.165) is 30.6 Å². The minimum atomic E-state index is -0.743. The summed E-state index contributed by atoms with van der Waals surface area (Å²) in [6.45, 7) is 1.17. The van der Waals surface area contributed by atoms with E-state index < -0.39 is 5.97 Å². The van der Waals surface area contributed by atoms with Crippen molar-refractivity contribution in [2.75, 3.05) is 11.4 Å². The maximum atomic E-state index is 12.1. The molecule has 0 bridgehead atoms. The Hall–Kier alpha value is -2.57. The van der Waals surface area contributed by atoms with E-state index in [0.29, 0.717) is 38.6 Å². The quantitative estimate of drug-likeness (QED) is 0.739. The molecule has 27 heavy (non-hydrogen) atoms. The number of amides is 3. The SMILES string of the molecule is O=C(NCc1ccc(N2CCCCC2=O)cc1)NC1CCC(C(=O)O)CC1. The molecule has 7 nitrogen and oxygen atoms in total. The monoisotopic (exact) mass is 373 g/mol. The molecule has 1 saturated carbocycles. The molecule has 0 spiro atoms. The van der Waals surface area contributed by atoms with E-state index in [2.05, 4.69) is 10.6 Å². The van der Waals surface area contributed by atoms with Crippen LogP contribution in [0.5, 0.6) is 0 Å². The van der Waals surface area contributed by atoms with Crippen LogP contribution in [0.4, 0.5) is 10.5 Å². The summed E-state index contributed by atoms with van der Waals surface area (Å²) in [5.74, 6) is -0.854. The second-order valence-corrected chi connectivity index (χ2v) is 7.38. The van der Waals surface area contributed by atoms with Gasteiger partial charge < -0.3 is 20.6 Å². The van der Waals surface area contributed by atoms with Crippen LogP contribution in [0.3, 0.4) is 0 Å². The van der Waals surface area contributed by atoms with E-state index in [9.17, 15) is 14.4 Å². The lowest BCUT2D eigenvalue weighted by molar-refractivity contribution is -0.142. The van der Waals surface area contributed by atoms with Crippen molar-refractivity contribution in [2.24, 2.45) is 5.92 Å². The lowest BCUT2D eigenvalue weighted by Crippen LogP contribution is -2.43. The fraction of sp³-hybridized carbons (Fsp3) is 0.550. The van der Waals surface area contributed by atoms with Gasteiger partial charge in [-0.05, 0) is 56.2 Å². The second kappa shape index (κ2) is 8.88. The standard InChI is InChI=1S/C20H27N3O4/c24-18-3-1-2-12-23(18)17-10-4-14(5-11-17)13-21-20(27)22-16-8-6-15(7-9-16)19(25)26/h4-5,10-11,15-16H,1-3,6-9,12-13H2,(H,25,26)(H2,21,22,27). The molecule has 1 aromatic carbocycles. The third kappa shape index (κ3) is 5.21. The summed E-state index contributed by atoms with van der Waals surface area (Å²) in [6, 6.07) is 7.50. The first-order valence-electron chi connectivity index (χ1n) is 9.69. The number of nitrogens with one attached hydrogen (secondary N) is 2. The summed E-state index contributed by atoms with van der Waals surface area (Å²) in [5.41, 5.74) is 1.87. The number of piperidine rings is 1. The Kier molecular flexibility index (Phi) is 6.32. The maximum Gasteiger partial charge on any atom is 0.315 e. The Bertz CT molecular complexity index is 681. The van der Waals surface area contributed by atoms with Gasteiger partial charge in [-0.1, -0.05) is 12.1 Å². The van der Waals surface area contributed by atoms with E-state index in [1.807, 2.05) is 29.2 Å². The van der Waals surface area contributed by atoms with Crippen LogP contribution in [-0.4, -0.2) is 35.6 Å². The number of carboxylic acid groups (broad SMARTS) is 1. The smallest absolute Gasteiger partial charge is 0.315 e. The fourth-order valence-electron chi connectivity index (χ4n) is 3.78. The number of carbonyl (C=O) groups excluding carboxylic acids is 2. The van der Waals surface area contributed by atoms with Crippen molar-refractivity contribution in [3.8, 4) is 0 Å². The van der Waals surface area contributed by atoms with Crippen LogP contribution in [0, 0.1) is 5.92 Å². The fourth-order valence-corrected chi connectivity index (χ4v) is 3.78. The van der Waals surface area contributed by atoms with Crippen molar-refractivity contribution in [3.05, 3.63) is 29.8 Å². The largest absolute Gasteiger partial charge is 0.481 e. The minimum Gasteiger partial charge on any atom is -0.481 e. The molecule has 0 atom stereocenters. The first-order chi connectivity index (χ1) is 13.0. The first-order valence-corrected chi connectivity index (χ1v) is 9.69. The van der Waals surface area contributed by atoms with Crippen molar-refractivity contribution in [3.63, 3.8) is 0 Å². The van der Waals surface area contributed by atoms with Gasteiger partial charge in [0.25, 0.3) is 0 Å². The molecule has 7 heteroatoms. The molecule has 3 N–H and O–H groups in total. The Morgan fingerprint density at radius 1 is 1.07 bits per heavy atom. The summed E-state index contributed by atoms with van der Waals surface area (Å²) in [6.07, 6.45) is 5.21. The topological polar surface area (TPSA) is 98.7 Å². The third-order valence-electron chi connectivity index (χ3n) is 5.44. The van der Waals surface area contributed by atoms with Gasteiger partial charge in [0.2, 0.25) is 5.91 Å². The molecule has 0 radical (unpaired) electrons. The number of rotatable bonds is 5. The molecule has 1 aliphatic heterocycles. The summed E-state index contributed by atoms with van der Waals surface area (Å²) in [4.78, 5) is 36.8. The average molecular weight is 373 g/mol. The lowest BCUT2D eigenvalue weighted by Gasteiger charge is -2.27. The summed E-state index contributed by atoms with van der Waals surface area (Å²) >= 11 is 0. The number of anilines is 1. The van der Waals surface area contributed by atoms with Gasteiger partial charge in [-0.3, -0.25) is 9.59 Å². The number of hydrogen-bond acceptors (Lipinski definition) is 3. The zero-order valence-corrected chi connectivity index (χ0v) is 15.4. The van der Waals surface area contributed by atoms with E-state index >= 15 is 0 Å². The molecular formula is C20H27N3O4. The van der Waals surface area contributed by atoms with Gasteiger partial charge in [0.05, 0.1) is 5.92 Å². The van der Waals surface area contributed by atoms with Gasteiger partial charge >= 0.3 is 12.0 Å². The molecule has 0 aromatic heterocycles. The molecule has 2 fully saturated rings. The molecule has 146 valence electrons. The number of carboxylic acids is 1. The highest BCUT2D eigenvalue weighted by Crippen LogP contribution is 2.24. The summed E-state index contributed by atoms with van der Waals surface area (Å²) in [7, 11) is 0. The number of hydrogen-bond donors (Lipinski definition) is 3. The van der Waals surface area contributed by atoms with Gasteiger partial charge in [-0.15, -0.1) is 0 Å². The predicted molar refractivity (Wildman–Crippen MR) is 101 cm³/mol. The van der Waals surface area contributed by atoms with Crippen LogP contribution in [0.25, 0.3) is 0 Å². The minimum absolute atomic E-state index is 0.0353. The van der Waals surface area contributed by atoms with Crippen LogP contribution in [0.15, 0.2) is 24.3 Å². The molecule has 1 aromatic rings. The van der Waals surface area contributed by atoms with Crippen molar-refractivity contribution >= 4 is 23.6 Å². The van der Waals surface area contributed by atoms with Crippen molar-refractivity contribution in [1.29, 1.82) is 0 Å². The van der Waals surface area contributed by atoms with Crippen LogP contribution in [-0.2, 0) is 16.1 Å². The van der Waals surface area contributed by atoms with Crippen LogP contribution < -0.4 is 15.5 Å². The predicted octanol–water partition coefficient (Wildman–Crippen LogP) is 2.65. The van der Waals surface area contributed by atoms with Gasteiger partial charge in [-0.25, -0.2) is 4.79 Å². The molecule has 2 aliphatic rings. The van der Waals surface area contributed by atoms with E-state index in [4.69, 9.17) is 5.11 Å². The molecule has 3 amide bonds. The van der Waals surface area contributed by atoms with Crippen molar-refractivity contribution in [1.82, 2.24) is 10.6 Å². The first kappa shape index (κ1) is 19.2. The molecule has 1 saturated heterocycles. The average Bonchev–Trinajstić information content (AvgIpc) is 2.68. The molecule has 3 rings (SSSR count). The van der Waals surface area contributed by atoms with Crippen molar-refractivity contribution in [2.45, 2.75) is 57.5 Å². The van der Waals surface area contributed by atoms with Gasteiger partial charge in [0, 0.05) is 31.2 Å². The number of aliphatic carboxylic acids is 1. The summed E-state index contributed by atoms with van der Waals surface area (Å²) < 4.78 is 0. The Morgan fingerprint density at radius 2 is 1.78 bits per heavy atom. The maximum absolute atomic E-state index is 12.1. The van der Waals surface area contributed by atoms with Gasteiger partial charge in [-0.2, -0.15) is 0 Å². The van der Waals surface area contributed by atoms with E-state index in [-0.39, 0.29) is 23.9 Å². The zero-order chi connectivity index (χ0) is 19.2.